The minimum absolute atomic E-state index is 0.0621. The van der Waals surface area contributed by atoms with Crippen LogP contribution in [0.15, 0.2) is 18.2 Å². The van der Waals surface area contributed by atoms with Gasteiger partial charge in [-0.2, -0.15) is 0 Å². The number of likely N-dealkylation sites (tertiary alicyclic amines) is 1. The van der Waals surface area contributed by atoms with Gasteiger partial charge < -0.3 is 19.9 Å². The van der Waals surface area contributed by atoms with Crippen LogP contribution < -0.4 is 14.9 Å². The average molecular weight is 569 g/mol. The standard InChI is InChI=1S/C27H38F2N4O5S/c1-38-16-17-39(36,37)31-19-2-3-21(23(18-19)32-14-11-26(9-10-26)12-15-32)24(34)30-22-6-13-33(25(22)35)20-4-7-27(28,29)8-5-20/h2-3,18,20,22,31H,4-17H2,1H3,(H,30,34). The molecule has 2 saturated carbocycles. The van der Waals surface area contributed by atoms with E-state index in [1.807, 2.05) is 0 Å². The number of methoxy groups -OCH3 is 1. The van der Waals surface area contributed by atoms with Crippen molar-refractivity contribution in [3.63, 3.8) is 0 Å². The molecular formula is C27H38F2N4O5S. The van der Waals surface area contributed by atoms with E-state index in [0.717, 1.165) is 25.9 Å². The molecule has 9 nitrogen and oxygen atoms in total. The molecular weight excluding hydrogens is 530 g/mol. The number of ether oxygens (including phenoxy) is 1. The minimum atomic E-state index is -3.63. The molecule has 12 heteroatoms. The van der Waals surface area contributed by atoms with Gasteiger partial charge >= 0.3 is 0 Å². The van der Waals surface area contributed by atoms with Crippen LogP contribution in [0.3, 0.4) is 0 Å². The minimum Gasteiger partial charge on any atom is -0.384 e. The third-order valence-corrected chi connectivity index (χ3v) is 10.1. The van der Waals surface area contributed by atoms with Gasteiger partial charge in [-0.1, -0.05) is 0 Å². The third-order valence-electron chi connectivity index (χ3n) is 8.87. The van der Waals surface area contributed by atoms with Gasteiger partial charge in [0.2, 0.25) is 21.9 Å². The van der Waals surface area contributed by atoms with Crippen molar-refractivity contribution in [3.8, 4) is 0 Å². The summed E-state index contributed by atoms with van der Waals surface area (Å²) in [4.78, 5) is 30.4. The fourth-order valence-electron chi connectivity index (χ4n) is 6.14. The Morgan fingerprint density at radius 2 is 1.74 bits per heavy atom. The summed E-state index contributed by atoms with van der Waals surface area (Å²) >= 11 is 0. The van der Waals surface area contributed by atoms with Crippen molar-refractivity contribution in [2.24, 2.45) is 5.41 Å². The molecule has 216 valence electrons. The van der Waals surface area contributed by atoms with Crippen LogP contribution in [0, 0.1) is 5.41 Å². The number of sulfonamides is 1. The van der Waals surface area contributed by atoms with E-state index in [4.69, 9.17) is 4.74 Å². The first-order valence-electron chi connectivity index (χ1n) is 13.9. The Morgan fingerprint density at radius 1 is 1.05 bits per heavy atom. The third kappa shape index (κ3) is 6.48. The smallest absolute Gasteiger partial charge is 0.254 e. The molecule has 1 atom stereocenters. The maximum Gasteiger partial charge on any atom is 0.254 e. The Balaban J connectivity index is 1.30. The van der Waals surface area contributed by atoms with Crippen LogP contribution in [-0.2, 0) is 19.6 Å². The first-order chi connectivity index (χ1) is 18.5. The molecule has 2 heterocycles. The van der Waals surface area contributed by atoms with Crippen molar-refractivity contribution in [1.29, 1.82) is 0 Å². The number of rotatable bonds is 9. The summed E-state index contributed by atoms with van der Waals surface area (Å²) in [6.07, 6.45) is 5.02. The quantitative estimate of drug-likeness (QED) is 0.473. The molecule has 1 aromatic rings. The van der Waals surface area contributed by atoms with Crippen molar-refractivity contribution >= 4 is 33.2 Å². The van der Waals surface area contributed by atoms with E-state index in [9.17, 15) is 26.8 Å². The van der Waals surface area contributed by atoms with Crippen molar-refractivity contribution in [2.75, 3.05) is 48.7 Å². The molecule has 39 heavy (non-hydrogen) atoms. The molecule has 2 aliphatic heterocycles. The van der Waals surface area contributed by atoms with Gasteiger partial charge in [-0.05, 0) is 68.6 Å². The first kappa shape index (κ1) is 28.1. The monoisotopic (exact) mass is 568 g/mol. The van der Waals surface area contributed by atoms with Crippen LogP contribution in [0.25, 0.3) is 0 Å². The van der Waals surface area contributed by atoms with Crippen molar-refractivity contribution in [3.05, 3.63) is 23.8 Å². The zero-order valence-electron chi connectivity index (χ0n) is 22.4. The lowest BCUT2D eigenvalue weighted by atomic mass is 9.91. The fourth-order valence-corrected chi connectivity index (χ4v) is 7.12. The summed E-state index contributed by atoms with van der Waals surface area (Å²) in [5.41, 5.74) is 1.79. The van der Waals surface area contributed by atoms with E-state index in [2.05, 4.69) is 14.9 Å². The summed E-state index contributed by atoms with van der Waals surface area (Å²) in [7, 11) is -2.19. The SMILES string of the molecule is COCCS(=O)(=O)Nc1ccc(C(=O)NC2CCN(C3CCC(F)(F)CC3)C2=O)c(N2CCC3(CC2)CC3)c1. The maximum absolute atomic E-state index is 13.6. The predicted molar refractivity (Wildman–Crippen MR) is 144 cm³/mol. The Bertz CT molecular complexity index is 1190. The molecule has 5 rings (SSSR count). The van der Waals surface area contributed by atoms with Crippen LogP contribution in [0.4, 0.5) is 20.2 Å². The van der Waals surface area contributed by atoms with E-state index in [0.29, 0.717) is 35.3 Å². The van der Waals surface area contributed by atoms with E-state index in [1.54, 1.807) is 23.1 Å². The number of nitrogens with one attached hydrogen (secondary N) is 2. The van der Waals surface area contributed by atoms with Gasteiger partial charge in [0.1, 0.15) is 6.04 Å². The highest BCUT2D eigenvalue weighted by atomic mass is 32.2. The number of amides is 2. The van der Waals surface area contributed by atoms with Crippen molar-refractivity contribution in [2.45, 2.75) is 75.8 Å². The van der Waals surface area contributed by atoms with Gasteiger partial charge in [-0.3, -0.25) is 14.3 Å². The number of carbonyl (C=O) groups is 2. The Morgan fingerprint density at radius 3 is 2.38 bits per heavy atom. The number of hydrogen-bond acceptors (Lipinski definition) is 6. The largest absolute Gasteiger partial charge is 0.384 e. The summed E-state index contributed by atoms with van der Waals surface area (Å²) < 4.78 is 59.6. The number of carbonyl (C=O) groups excluding carboxylic acids is 2. The molecule has 0 bridgehead atoms. The lowest BCUT2D eigenvalue weighted by Crippen LogP contribution is -2.46. The molecule has 2 aliphatic carbocycles. The average Bonchev–Trinajstić information content (AvgIpc) is 3.56. The number of alkyl halides is 2. The lowest BCUT2D eigenvalue weighted by Gasteiger charge is -2.35. The fraction of sp³-hybridized carbons (Fsp3) is 0.704. The molecule has 2 N–H and O–H groups in total. The van der Waals surface area contributed by atoms with Gasteiger partial charge in [0.25, 0.3) is 5.91 Å². The van der Waals surface area contributed by atoms with E-state index in [-0.39, 0.29) is 50.0 Å². The number of anilines is 2. The molecule has 2 saturated heterocycles. The molecule has 2 amide bonds. The van der Waals surface area contributed by atoms with Gasteiger partial charge in [-0.25, -0.2) is 17.2 Å². The molecule has 4 fully saturated rings. The van der Waals surface area contributed by atoms with Gasteiger partial charge in [0.15, 0.2) is 0 Å². The molecule has 1 unspecified atom stereocenters. The second kappa shape index (κ2) is 10.8. The van der Waals surface area contributed by atoms with E-state index >= 15 is 0 Å². The highest BCUT2D eigenvalue weighted by Gasteiger charge is 2.45. The van der Waals surface area contributed by atoms with E-state index in [1.165, 1.54) is 20.0 Å². The van der Waals surface area contributed by atoms with Crippen molar-refractivity contribution < 1.29 is 31.5 Å². The zero-order chi connectivity index (χ0) is 27.8. The number of nitrogens with zero attached hydrogens (tertiary/aromatic N) is 2. The lowest BCUT2D eigenvalue weighted by molar-refractivity contribution is -0.134. The second-order valence-electron chi connectivity index (χ2n) is 11.6. The summed E-state index contributed by atoms with van der Waals surface area (Å²) in [6, 6.07) is 3.91. The Labute approximate surface area is 228 Å². The van der Waals surface area contributed by atoms with Crippen LogP contribution in [0.1, 0.15) is 68.1 Å². The van der Waals surface area contributed by atoms with Crippen LogP contribution in [0.2, 0.25) is 0 Å². The van der Waals surface area contributed by atoms with Gasteiger partial charge in [-0.15, -0.1) is 0 Å². The second-order valence-corrected chi connectivity index (χ2v) is 13.4. The molecule has 0 radical (unpaired) electrons. The predicted octanol–water partition coefficient (Wildman–Crippen LogP) is 3.36. The summed E-state index contributed by atoms with van der Waals surface area (Å²) in [5.74, 6) is -3.48. The molecule has 1 aromatic carbocycles. The van der Waals surface area contributed by atoms with Crippen LogP contribution >= 0.6 is 0 Å². The number of benzene rings is 1. The number of hydrogen-bond donors (Lipinski definition) is 2. The molecule has 0 aromatic heterocycles. The Hall–Kier alpha value is -2.47. The van der Waals surface area contributed by atoms with Crippen LogP contribution in [0.5, 0.6) is 0 Å². The molecule has 1 spiro atoms. The molecule has 4 aliphatic rings. The first-order valence-corrected chi connectivity index (χ1v) is 15.5. The normalized spacial score (nSPS) is 24.7. The highest BCUT2D eigenvalue weighted by molar-refractivity contribution is 7.92. The van der Waals surface area contributed by atoms with Crippen molar-refractivity contribution in [1.82, 2.24) is 10.2 Å². The topological polar surface area (TPSA) is 108 Å². The maximum atomic E-state index is 13.6. The summed E-state index contributed by atoms with van der Waals surface area (Å²) in [6.45, 7) is 2.03. The van der Waals surface area contributed by atoms with Gasteiger partial charge in [0.05, 0.1) is 29.3 Å². The number of halogens is 2. The zero-order valence-corrected chi connectivity index (χ0v) is 23.2. The summed E-state index contributed by atoms with van der Waals surface area (Å²) in [5, 5.41) is 2.87. The van der Waals surface area contributed by atoms with Crippen LogP contribution in [-0.4, -0.2) is 82.2 Å². The van der Waals surface area contributed by atoms with Gasteiger partial charge in [0, 0.05) is 45.6 Å². The van der Waals surface area contributed by atoms with E-state index < -0.39 is 27.9 Å². The highest BCUT2D eigenvalue weighted by Crippen LogP contribution is 2.54. The number of piperidine rings is 1. The Kier molecular flexibility index (Phi) is 7.80.